The number of carbonyl (C=O) groups excluding carboxylic acids is 2. The van der Waals surface area contributed by atoms with E-state index < -0.39 is 0 Å². The van der Waals surface area contributed by atoms with Crippen molar-refractivity contribution in [2.24, 2.45) is 0 Å². The number of fused-ring (bicyclic) bond motifs is 1. The molecule has 6 nitrogen and oxygen atoms in total. The van der Waals surface area contributed by atoms with Crippen LogP contribution in [0.1, 0.15) is 34.3 Å². The van der Waals surface area contributed by atoms with Gasteiger partial charge in [-0.3, -0.25) is 9.59 Å². The lowest BCUT2D eigenvalue weighted by Gasteiger charge is -2.29. The van der Waals surface area contributed by atoms with Gasteiger partial charge in [0.25, 0.3) is 11.8 Å². The van der Waals surface area contributed by atoms with E-state index in [-0.39, 0.29) is 17.9 Å². The number of ether oxygens (including phenoxy) is 1. The Balaban J connectivity index is 1.49. The number of rotatable bonds is 4. The SMILES string of the molecule is CSc1ncccc1C(=O)N1CCc2ccc(NC(=O)[C@@H]3CCCO3)cc2C1. The summed E-state index contributed by atoms with van der Waals surface area (Å²) in [6, 6.07) is 9.56. The fraction of sp³-hybridized carbons (Fsp3) is 0.381. The van der Waals surface area contributed by atoms with Crippen molar-refractivity contribution in [1.82, 2.24) is 9.88 Å². The van der Waals surface area contributed by atoms with Gasteiger partial charge in [0.05, 0.1) is 5.56 Å². The Labute approximate surface area is 168 Å². The van der Waals surface area contributed by atoms with Crippen LogP contribution in [0.3, 0.4) is 0 Å². The first-order valence-electron chi connectivity index (χ1n) is 9.48. The molecule has 2 aliphatic heterocycles. The van der Waals surface area contributed by atoms with E-state index in [9.17, 15) is 9.59 Å². The molecule has 4 rings (SSSR count). The third-order valence-corrected chi connectivity index (χ3v) is 5.90. The molecule has 0 unspecified atom stereocenters. The van der Waals surface area contributed by atoms with Crippen LogP contribution in [0.15, 0.2) is 41.6 Å². The first kappa shape index (κ1) is 19.0. The van der Waals surface area contributed by atoms with E-state index in [1.54, 1.807) is 12.3 Å². The largest absolute Gasteiger partial charge is 0.368 e. The van der Waals surface area contributed by atoms with E-state index in [1.165, 1.54) is 17.3 Å². The molecule has 2 amide bonds. The van der Waals surface area contributed by atoms with Crippen molar-refractivity contribution in [1.29, 1.82) is 0 Å². The van der Waals surface area contributed by atoms with Gasteiger partial charge >= 0.3 is 0 Å². The van der Waals surface area contributed by atoms with Crippen molar-refractivity contribution >= 4 is 29.3 Å². The number of hydrogen-bond acceptors (Lipinski definition) is 5. The minimum atomic E-state index is -0.357. The molecule has 7 heteroatoms. The smallest absolute Gasteiger partial charge is 0.256 e. The quantitative estimate of drug-likeness (QED) is 0.803. The summed E-state index contributed by atoms with van der Waals surface area (Å²) in [6.07, 6.45) is 5.76. The van der Waals surface area contributed by atoms with Gasteiger partial charge in [-0.2, -0.15) is 0 Å². The number of carbonyl (C=O) groups is 2. The number of benzene rings is 1. The van der Waals surface area contributed by atoms with Gasteiger partial charge in [0, 0.05) is 31.6 Å². The van der Waals surface area contributed by atoms with Crippen LogP contribution in [-0.2, 0) is 22.5 Å². The molecule has 1 aromatic heterocycles. The average molecular weight is 398 g/mol. The molecule has 0 spiro atoms. The molecule has 1 N–H and O–H groups in total. The van der Waals surface area contributed by atoms with Gasteiger partial charge < -0.3 is 15.0 Å². The Morgan fingerprint density at radius 1 is 1.29 bits per heavy atom. The summed E-state index contributed by atoms with van der Waals surface area (Å²) < 4.78 is 5.45. The number of nitrogens with zero attached hydrogens (tertiary/aromatic N) is 2. The second kappa shape index (κ2) is 8.32. The Bertz CT molecular complexity index is 896. The van der Waals surface area contributed by atoms with Crippen LogP contribution < -0.4 is 5.32 Å². The summed E-state index contributed by atoms with van der Waals surface area (Å²) in [7, 11) is 0. The number of amides is 2. The normalized spacial score (nSPS) is 18.6. The van der Waals surface area contributed by atoms with Crippen molar-refractivity contribution in [3.05, 3.63) is 53.2 Å². The van der Waals surface area contributed by atoms with E-state index in [1.807, 2.05) is 35.4 Å². The Kier molecular flexibility index (Phi) is 5.64. The predicted octanol–water partition coefficient (Wildman–Crippen LogP) is 3.12. The number of thioether (sulfide) groups is 1. The monoisotopic (exact) mass is 397 g/mol. The molecule has 1 aromatic carbocycles. The third-order valence-electron chi connectivity index (χ3n) is 5.19. The maximum absolute atomic E-state index is 13.0. The van der Waals surface area contributed by atoms with Gasteiger partial charge in [-0.05, 0) is 60.9 Å². The van der Waals surface area contributed by atoms with Gasteiger partial charge in [-0.25, -0.2) is 4.98 Å². The summed E-state index contributed by atoms with van der Waals surface area (Å²) in [5.41, 5.74) is 3.68. The van der Waals surface area contributed by atoms with Crippen LogP contribution >= 0.6 is 11.8 Å². The Hall–Kier alpha value is -2.38. The molecule has 1 fully saturated rings. The zero-order valence-electron chi connectivity index (χ0n) is 15.8. The summed E-state index contributed by atoms with van der Waals surface area (Å²) in [4.78, 5) is 31.5. The fourth-order valence-electron chi connectivity index (χ4n) is 3.70. The molecular weight excluding hydrogens is 374 g/mol. The molecular formula is C21H23N3O3S. The zero-order chi connectivity index (χ0) is 19.5. The molecule has 3 heterocycles. The number of pyridine rings is 1. The number of aromatic nitrogens is 1. The lowest BCUT2D eigenvalue weighted by Crippen LogP contribution is -2.36. The van der Waals surface area contributed by atoms with Crippen LogP contribution in [0.2, 0.25) is 0 Å². The highest BCUT2D eigenvalue weighted by molar-refractivity contribution is 7.98. The lowest BCUT2D eigenvalue weighted by molar-refractivity contribution is -0.124. The molecule has 2 aliphatic rings. The molecule has 0 aliphatic carbocycles. The van der Waals surface area contributed by atoms with Gasteiger partial charge in [0.1, 0.15) is 11.1 Å². The first-order valence-corrected chi connectivity index (χ1v) is 10.7. The average Bonchev–Trinajstić information content (AvgIpc) is 3.28. The van der Waals surface area contributed by atoms with Crippen LogP contribution in [0, 0.1) is 0 Å². The number of hydrogen-bond donors (Lipinski definition) is 1. The van der Waals surface area contributed by atoms with E-state index >= 15 is 0 Å². The molecule has 1 saturated heterocycles. The summed E-state index contributed by atoms with van der Waals surface area (Å²) in [5.74, 6) is -0.0990. The number of anilines is 1. The highest BCUT2D eigenvalue weighted by Gasteiger charge is 2.26. The van der Waals surface area contributed by atoms with Gasteiger partial charge in [-0.15, -0.1) is 11.8 Å². The molecule has 0 bridgehead atoms. The van der Waals surface area contributed by atoms with Gasteiger partial charge in [0.15, 0.2) is 0 Å². The van der Waals surface area contributed by atoms with Crippen molar-refractivity contribution in [3.8, 4) is 0 Å². The minimum absolute atomic E-state index is 0.00288. The van der Waals surface area contributed by atoms with Crippen LogP contribution in [0.4, 0.5) is 5.69 Å². The summed E-state index contributed by atoms with van der Waals surface area (Å²) in [5, 5.41) is 3.69. The highest BCUT2D eigenvalue weighted by atomic mass is 32.2. The van der Waals surface area contributed by atoms with Crippen LogP contribution in [0.25, 0.3) is 0 Å². The van der Waals surface area contributed by atoms with Crippen molar-refractivity contribution in [2.75, 3.05) is 24.7 Å². The van der Waals surface area contributed by atoms with E-state index in [4.69, 9.17) is 4.74 Å². The number of nitrogens with one attached hydrogen (secondary N) is 1. The van der Waals surface area contributed by atoms with Crippen molar-refractivity contribution < 1.29 is 14.3 Å². The molecule has 2 aromatic rings. The maximum Gasteiger partial charge on any atom is 0.256 e. The molecule has 1 atom stereocenters. The van der Waals surface area contributed by atoms with Crippen molar-refractivity contribution in [3.63, 3.8) is 0 Å². The standard InChI is InChI=1S/C21H23N3O3S/c1-28-20-17(4-2-9-22-20)21(26)24-10-8-14-6-7-16(12-15(14)13-24)23-19(25)18-5-3-11-27-18/h2,4,6-7,9,12,18H,3,5,8,10-11,13H2,1H3,(H,23,25)/t18-/m0/s1. The van der Waals surface area contributed by atoms with E-state index in [2.05, 4.69) is 10.3 Å². The van der Waals surface area contributed by atoms with Crippen LogP contribution in [0.5, 0.6) is 0 Å². The van der Waals surface area contributed by atoms with Gasteiger partial charge in [0.2, 0.25) is 0 Å². The van der Waals surface area contributed by atoms with Crippen LogP contribution in [-0.4, -0.2) is 47.2 Å². The predicted molar refractivity (Wildman–Crippen MR) is 109 cm³/mol. The summed E-state index contributed by atoms with van der Waals surface area (Å²) in [6.45, 7) is 1.85. The first-order chi connectivity index (χ1) is 13.7. The summed E-state index contributed by atoms with van der Waals surface area (Å²) >= 11 is 1.48. The van der Waals surface area contributed by atoms with E-state index in [0.29, 0.717) is 25.3 Å². The van der Waals surface area contributed by atoms with E-state index in [0.717, 1.165) is 35.5 Å². The highest BCUT2D eigenvalue weighted by Crippen LogP contribution is 2.26. The topological polar surface area (TPSA) is 71.5 Å². The molecule has 146 valence electrons. The minimum Gasteiger partial charge on any atom is -0.368 e. The fourth-order valence-corrected chi connectivity index (χ4v) is 4.24. The Morgan fingerprint density at radius 2 is 2.18 bits per heavy atom. The molecule has 28 heavy (non-hydrogen) atoms. The second-order valence-corrected chi connectivity index (χ2v) is 7.81. The maximum atomic E-state index is 13.0. The van der Waals surface area contributed by atoms with Crippen molar-refractivity contribution in [2.45, 2.75) is 36.9 Å². The third kappa shape index (κ3) is 3.91. The Morgan fingerprint density at radius 3 is 2.96 bits per heavy atom. The van der Waals surface area contributed by atoms with Gasteiger partial charge in [-0.1, -0.05) is 6.07 Å². The zero-order valence-corrected chi connectivity index (χ0v) is 16.6. The molecule has 0 radical (unpaired) electrons. The lowest BCUT2D eigenvalue weighted by atomic mass is 9.98. The molecule has 0 saturated carbocycles. The second-order valence-electron chi connectivity index (χ2n) is 7.01.